The molecule has 1 atom stereocenters. The molecule has 0 aliphatic heterocycles. The topological polar surface area (TPSA) is 57.6 Å². The number of anilines is 1. The number of methoxy groups -OCH3 is 1. The lowest BCUT2D eigenvalue weighted by molar-refractivity contribution is 0.0239. The van der Waals surface area contributed by atoms with Crippen molar-refractivity contribution in [3.8, 4) is 5.75 Å². The van der Waals surface area contributed by atoms with Crippen molar-refractivity contribution in [1.82, 2.24) is 9.88 Å². The number of fused-ring (bicyclic) bond motifs is 1. The number of hydrogen-bond donors (Lipinski definition) is 2. The first-order chi connectivity index (χ1) is 12.7. The van der Waals surface area contributed by atoms with E-state index in [0.29, 0.717) is 24.9 Å². The summed E-state index contributed by atoms with van der Waals surface area (Å²) in [6.07, 6.45) is 1.78. The lowest BCUT2D eigenvalue weighted by Gasteiger charge is -2.34. The highest BCUT2D eigenvalue weighted by Gasteiger charge is 2.25. The lowest BCUT2D eigenvalue weighted by Crippen LogP contribution is -2.47. The largest absolute Gasteiger partial charge is 0.497 e. The Kier molecular flexibility index (Phi) is 7.45. The molecule has 0 radical (unpaired) electrons. The van der Waals surface area contributed by atoms with E-state index in [9.17, 15) is 5.11 Å². The van der Waals surface area contributed by atoms with E-state index < -0.39 is 5.60 Å². The lowest BCUT2D eigenvalue weighted by atomic mass is 10.0. The summed E-state index contributed by atoms with van der Waals surface area (Å²) < 4.78 is 5.41. The van der Waals surface area contributed by atoms with Crippen LogP contribution in [0.4, 0.5) is 5.69 Å². The number of aliphatic hydroxyl groups is 1. The molecule has 2 aromatic rings. The standard InChI is InChI=1S/C22H35N3O2/c1-16(2)12-25(13-17(3)4)15-22(5,26)14-24-20-11-19(27-6)10-18-8-7-9-23-21(18)20/h7-11,16-17,24,26H,12-15H2,1-6H3/t22-/m0/s1. The Morgan fingerprint density at radius 1 is 1.19 bits per heavy atom. The third-order valence-electron chi connectivity index (χ3n) is 4.38. The summed E-state index contributed by atoms with van der Waals surface area (Å²) in [7, 11) is 1.66. The van der Waals surface area contributed by atoms with Crippen LogP contribution in [0.1, 0.15) is 34.6 Å². The summed E-state index contributed by atoms with van der Waals surface area (Å²) in [6, 6.07) is 7.84. The van der Waals surface area contributed by atoms with Crippen molar-refractivity contribution in [3.63, 3.8) is 0 Å². The Morgan fingerprint density at radius 2 is 1.85 bits per heavy atom. The van der Waals surface area contributed by atoms with E-state index in [4.69, 9.17) is 4.74 Å². The number of ether oxygens (including phenoxy) is 1. The molecule has 0 unspecified atom stereocenters. The molecule has 1 aromatic carbocycles. The van der Waals surface area contributed by atoms with Gasteiger partial charge in [0.05, 0.1) is 23.9 Å². The van der Waals surface area contributed by atoms with Gasteiger partial charge in [0.1, 0.15) is 5.75 Å². The van der Waals surface area contributed by atoms with E-state index in [2.05, 4.69) is 42.9 Å². The SMILES string of the molecule is COc1cc(NC[C@](C)(O)CN(CC(C)C)CC(C)C)c2ncccc2c1. The first-order valence-electron chi connectivity index (χ1n) is 9.81. The zero-order valence-electron chi connectivity index (χ0n) is 17.6. The van der Waals surface area contributed by atoms with Gasteiger partial charge in [-0.2, -0.15) is 0 Å². The monoisotopic (exact) mass is 373 g/mol. The number of aromatic nitrogens is 1. The second-order valence-corrected chi connectivity index (χ2v) is 8.58. The zero-order valence-corrected chi connectivity index (χ0v) is 17.6. The molecule has 0 aliphatic carbocycles. The summed E-state index contributed by atoms with van der Waals surface area (Å²) >= 11 is 0. The summed E-state index contributed by atoms with van der Waals surface area (Å²) in [5.41, 5.74) is 0.910. The molecule has 5 nitrogen and oxygen atoms in total. The van der Waals surface area contributed by atoms with Crippen molar-refractivity contribution in [3.05, 3.63) is 30.5 Å². The summed E-state index contributed by atoms with van der Waals surface area (Å²) in [6.45, 7) is 13.8. The van der Waals surface area contributed by atoms with Gasteiger partial charge in [0.25, 0.3) is 0 Å². The molecule has 0 bridgehead atoms. The van der Waals surface area contributed by atoms with Gasteiger partial charge in [-0.25, -0.2) is 0 Å². The van der Waals surface area contributed by atoms with Crippen LogP contribution >= 0.6 is 0 Å². The molecule has 0 fully saturated rings. The molecule has 0 saturated carbocycles. The van der Waals surface area contributed by atoms with Gasteiger partial charge < -0.3 is 15.2 Å². The number of pyridine rings is 1. The van der Waals surface area contributed by atoms with Crippen LogP contribution in [-0.4, -0.2) is 53.9 Å². The second-order valence-electron chi connectivity index (χ2n) is 8.58. The van der Waals surface area contributed by atoms with Crippen LogP contribution in [0.15, 0.2) is 30.5 Å². The number of nitrogens with one attached hydrogen (secondary N) is 1. The number of hydrogen-bond acceptors (Lipinski definition) is 5. The van der Waals surface area contributed by atoms with Crippen LogP contribution in [0.5, 0.6) is 5.75 Å². The molecule has 1 heterocycles. The van der Waals surface area contributed by atoms with Crippen LogP contribution in [0.2, 0.25) is 0 Å². The van der Waals surface area contributed by atoms with Gasteiger partial charge in [-0.15, -0.1) is 0 Å². The van der Waals surface area contributed by atoms with Gasteiger partial charge in [0, 0.05) is 43.8 Å². The first kappa shape index (κ1) is 21.5. The van der Waals surface area contributed by atoms with E-state index in [1.54, 1.807) is 13.3 Å². The summed E-state index contributed by atoms with van der Waals surface area (Å²) in [5.74, 6) is 1.91. The van der Waals surface area contributed by atoms with Crippen molar-refractivity contribution in [1.29, 1.82) is 0 Å². The van der Waals surface area contributed by atoms with Crippen molar-refractivity contribution in [2.45, 2.75) is 40.2 Å². The average Bonchev–Trinajstić information content (AvgIpc) is 2.57. The zero-order chi connectivity index (χ0) is 20.0. The maximum atomic E-state index is 11.0. The molecule has 0 amide bonds. The highest BCUT2D eigenvalue weighted by atomic mass is 16.5. The molecule has 2 N–H and O–H groups in total. The molecule has 27 heavy (non-hydrogen) atoms. The van der Waals surface area contributed by atoms with Crippen LogP contribution in [-0.2, 0) is 0 Å². The van der Waals surface area contributed by atoms with E-state index in [0.717, 1.165) is 35.4 Å². The Labute approximate surface area is 163 Å². The van der Waals surface area contributed by atoms with Crippen molar-refractivity contribution < 1.29 is 9.84 Å². The maximum Gasteiger partial charge on any atom is 0.121 e. The summed E-state index contributed by atoms with van der Waals surface area (Å²) in [4.78, 5) is 6.85. The van der Waals surface area contributed by atoms with Gasteiger partial charge in [-0.05, 0) is 30.9 Å². The normalized spacial score (nSPS) is 14.1. The Balaban J connectivity index is 2.12. The van der Waals surface area contributed by atoms with E-state index in [-0.39, 0.29) is 0 Å². The van der Waals surface area contributed by atoms with Crippen LogP contribution < -0.4 is 10.1 Å². The number of benzene rings is 1. The minimum atomic E-state index is -0.853. The number of nitrogens with zero attached hydrogens (tertiary/aromatic N) is 2. The van der Waals surface area contributed by atoms with Crippen molar-refractivity contribution >= 4 is 16.6 Å². The molecule has 0 spiro atoms. The Morgan fingerprint density at radius 3 is 2.44 bits per heavy atom. The highest BCUT2D eigenvalue weighted by Crippen LogP contribution is 2.28. The summed E-state index contributed by atoms with van der Waals surface area (Å²) in [5, 5.41) is 15.4. The molecule has 5 heteroatoms. The number of rotatable bonds is 10. The maximum absolute atomic E-state index is 11.0. The van der Waals surface area contributed by atoms with Gasteiger partial charge in [0.2, 0.25) is 0 Å². The Hall–Kier alpha value is -1.85. The minimum Gasteiger partial charge on any atom is -0.497 e. The minimum absolute atomic E-state index is 0.443. The molecule has 0 saturated heterocycles. The van der Waals surface area contributed by atoms with Crippen LogP contribution in [0.25, 0.3) is 10.9 Å². The van der Waals surface area contributed by atoms with Gasteiger partial charge in [-0.1, -0.05) is 33.8 Å². The van der Waals surface area contributed by atoms with Crippen LogP contribution in [0.3, 0.4) is 0 Å². The molecule has 1 aromatic heterocycles. The molecule has 150 valence electrons. The van der Waals surface area contributed by atoms with Gasteiger partial charge >= 0.3 is 0 Å². The van der Waals surface area contributed by atoms with Gasteiger partial charge in [0.15, 0.2) is 0 Å². The Bertz CT molecular complexity index is 719. The quantitative estimate of drug-likeness (QED) is 0.659. The fraction of sp³-hybridized carbons (Fsp3) is 0.591. The van der Waals surface area contributed by atoms with E-state index in [1.165, 1.54) is 0 Å². The van der Waals surface area contributed by atoms with Crippen molar-refractivity contribution in [2.24, 2.45) is 11.8 Å². The fourth-order valence-electron chi connectivity index (χ4n) is 3.48. The predicted molar refractivity (Wildman–Crippen MR) is 114 cm³/mol. The van der Waals surface area contributed by atoms with E-state index in [1.807, 2.05) is 31.2 Å². The molecule has 0 aliphatic rings. The molecular weight excluding hydrogens is 338 g/mol. The first-order valence-corrected chi connectivity index (χ1v) is 9.81. The predicted octanol–water partition coefficient (Wildman–Crippen LogP) is 4.02. The fourth-order valence-corrected chi connectivity index (χ4v) is 3.48. The smallest absolute Gasteiger partial charge is 0.121 e. The molecular formula is C22H35N3O2. The average molecular weight is 374 g/mol. The highest BCUT2D eigenvalue weighted by molar-refractivity contribution is 5.91. The van der Waals surface area contributed by atoms with Gasteiger partial charge in [-0.3, -0.25) is 9.88 Å². The molecule has 2 rings (SSSR count). The van der Waals surface area contributed by atoms with Crippen LogP contribution in [0, 0.1) is 11.8 Å². The third-order valence-corrected chi connectivity index (χ3v) is 4.38. The second kappa shape index (κ2) is 9.38. The third kappa shape index (κ3) is 6.67. The van der Waals surface area contributed by atoms with E-state index >= 15 is 0 Å². The van der Waals surface area contributed by atoms with Crippen molar-refractivity contribution in [2.75, 3.05) is 38.6 Å².